The lowest BCUT2D eigenvalue weighted by Gasteiger charge is -2.29. The molecule has 0 aliphatic carbocycles. The van der Waals surface area contributed by atoms with Crippen LogP contribution in [0.4, 0.5) is 16.3 Å². The van der Waals surface area contributed by atoms with Gasteiger partial charge in [0, 0.05) is 38.6 Å². The summed E-state index contributed by atoms with van der Waals surface area (Å²) in [5, 5.41) is 2.79. The Morgan fingerprint density at radius 3 is 2.54 bits per heavy atom. The van der Waals surface area contributed by atoms with Gasteiger partial charge in [-0.25, -0.2) is 9.78 Å². The maximum atomic E-state index is 12.2. The summed E-state index contributed by atoms with van der Waals surface area (Å²) in [6.07, 6.45) is 5.55. The van der Waals surface area contributed by atoms with Crippen LogP contribution in [-0.2, 0) is 6.54 Å². The van der Waals surface area contributed by atoms with E-state index in [1.807, 2.05) is 12.1 Å². The Balaban J connectivity index is 1.55. The molecule has 5 nitrogen and oxygen atoms in total. The van der Waals surface area contributed by atoms with Crippen molar-refractivity contribution < 1.29 is 4.79 Å². The van der Waals surface area contributed by atoms with Crippen molar-refractivity contribution in [1.29, 1.82) is 0 Å². The van der Waals surface area contributed by atoms with Crippen molar-refractivity contribution in [3.8, 4) is 0 Å². The minimum absolute atomic E-state index is 0.159. The molecule has 24 heavy (non-hydrogen) atoms. The second-order valence-electron chi connectivity index (χ2n) is 6.22. The molecule has 1 saturated heterocycles. The number of nitrogens with zero attached hydrogens (tertiary/aromatic N) is 3. The highest BCUT2D eigenvalue weighted by Gasteiger charge is 2.12. The first-order chi connectivity index (χ1) is 11.7. The molecule has 2 aromatic rings. The summed E-state index contributed by atoms with van der Waals surface area (Å²) in [4.78, 5) is 20.4. The molecule has 0 radical (unpaired) electrons. The van der Waals surface area contributed by atoms with Crippen molar-refractivity contribution in [2.45, 2.75) is 25.8 Å². The van der Waals surface area contributed by atoms with E-state index in [-0.39, 0.29) is 6.03 Å². The van der Waals surface area contributed by atoms with Crippen LogP contribution in [-0.4, -0.2) is 36.1 Å². The van der Waals surface area contributed by atoms with Crippen molar-refractivity contribution in [3.63, 3.8) is 0 Å². The fourth-order valence-electron chi connectivity index (χ4n) is 2.95. The van der Waals surface area contributed by atoms with E-state index in [0.29, 0.717) is 12.4 Å². The molecule has 0 bridgehead atoms. The van der Waals surface area contributed by atoms with Crippen LogP contribution in [0.2, 0.25) is 0 Å². The number of aromatic nitrogens is 1. The number of pyridine rings is 1. The molecule has 2 amide bonds. The minimum Gasteiger partial charge on any atom is -0.372 e. The third kappa shape index (κ3) is 4.25. The van der Waals surface area contributed by atoms with E-state index in [9.17, 15) is 4.79 Å². The predicted molar refractivity (Wildman–Crippen MR) is 97.2 cm³/mol. The Hall–Kier alpha value is -2.56. The zero-order chi connectivity index (χ0) is 16.8. The van der Waals surface area contributed by atoms with Crippen LogP contribution in [0.1, 0.15) is 24.8 Å². The summed E-state index contributed by atoms with van der Waals surface area (Å²) in [6, 6.07) is 13.8. The van der Waals surface area contributed by atoms with Gasteiger partial charge in [0.15, 0.2) is 0 Å². The summed E-state index contributed by atoms with van der Waals surface area (Å²) in [6.45, 7) is 2.86. The van der Waals surface area contributed by atoms with Gasteiger partial charge in [0.25, 0.3) is 0 Å². The van der Waals surface area contributed by atoms with Crippen LogP contribution in [0.5, 0.6) is 0 Å². The maximum absolute atomic E-state index is 12.2. The number of hydrogen-bond acceptors (Lipinski definition) is 3. The van der Waals surface area contributed by atoms with Gasteiger partial charge in [-0.3, -0.25) is 5.32 Å². The zero-order valence-electron chi connectivity index (χ0n) is 14.1. The predicted octanol–water partition coefficient (Wildman–Crippen LogP) is 3.74. The van der Waals surface area contributed by atoms with Crippen LogP contribution < -0.4 is 10.2 Å². The fourth-order valence-corrected chi connectivity index (χ4v) is 2.95. The molecule has 126 valence electrons. The number of anilines is 2. The molecule has 2 heterocycles. The molecule has 1 aliphatic heterocycles. The average Bonchev–Trinajstić information content (AvgIpc) is 2.64. The number of urea groups is 1. The minimum atomic E-state index is -0.159. The molecule has 1 aliphatic rings. The number of piperidine rings is 1. The lowest BCUT2D eigenvalue weighted by atomic mass is 10.1. The van der Waals surface area contributed by atoms with Crippen LogP contribution in [0, 0.1) is 0 Å². The fraction of sp³-hybridized carbons (Fsp3) is 0.368. The Morgan fingerprint density at radius 2 is 1.88 bits per heavy atom. The standard InChI is InChI=1S/C19H24N4O/c1-22(19(24)21-18-7-3-4-12-20-18)15-16-8-10-17(11-9-16)23-13-5-2-6-14-23/h3-4,7-12H,2,5-6,13-15H2,1H3,(H,20,21,24). The third-order valence-electron chi connectivity index (χ3n) is 4.32. The summed E-state index contributed by atoms with van der Waals surface area (Å²) in [5.74, 6) is 0.565. The second-order valence-corrected chi connectivity index (χ2v) is 6.22. The lowest BCUT2D eigenvalue weighted by Crippen LogP contribution is -2.31. The second kappa shape index (κ2) is 7.81. The molecule has 1 aromatic carbocycles. The van der Waals surface area contributed by atoms with Crippen molar-refractivity contribution in [2.24, 2.45) is 0 Å². The number of rotatable bonds is 4. The summed E-state index contributed by atoms with van der Waals surface area (Å²) >= 11 is 0. The summed E-state index contributed by atoms with van der Waals surface area (Å²) < 4.78 is 0. The van der Waals surface area contributed by atoms with Crippen LogP contribution in [0.15, 0.2) is 48.7 Å². The highest BCUT2D eigenvalue weighted by molar-refractivity contribution is 5.88. The molecule has 3 rings (SSSR count). The van der Waals surface area contributed by atoms with E-state index >= 15 is 0 Å². The molecule has 0 unspecified atom stereocenters. The molecular weight excluding hydrogens is 300 g/mol. The van der Waals surface area contributed by atoms with E-state index < -0.39 is 0 Å². The molecule has 5 heteroatoms. The van der Waals surface area contributed by atoms with Gasteiger partial charge in [0.05, 0.1) is 0 Å². The van der Waals surface area contributed by atoms with Gasteiger partial charge >= 0.3 is 6.03 Å². The first kappa shape index (κ1) is 16.3. The molecular formula is C19H24N4O. The van der Waals surface area contributed by atoms with E-state index in [0.717, 1.165) is 18.7 Å². The number of benzene rings is 1. The molecule has 1 N–H and O–H groups in total. The van der Waals surface area contributed by atoms with E-state index in [1.165, 1.54) is 24.9 Å². The van der Waals surface area contributed by atoms with E-state index in [4.69, 9.17) is 0 Å². The van der Waals surface area contributed by atoms with Gasteiger partial charge in [0.1, 0.15) is 5.82 Å². The number of amides is 2. The largest absolute Gasteiger partial charge is 0.372 e. The summed E-state index contributed by atoms with van der Waals surface area (Å²) in [5.41, 5.74) is 2.40. The van der Waals surface area contributed by atoms with Crippen molar-refractivity contribution in [3.05, 3.63) is 54.2 Å². The van der Waals surface area contributed by atoms with Gasteiger partial charge in [-0.1, -0.05) is 18.2 Å². The molecule has 1 aromatic heterocycles. The number of carbonyl (C=O) groups excluding carboxylic acids is 1. The lowest BCUT2D eigenvalue weighted by molar-refractivity contribution is 0.220. The van der Waals surface area contributed by atoms with Crippen molar-refractivity contribution in [2.75, 3.05) is 30.4 Å². The number of nitrogens with one attached hydrogen (secondary N) is 1. The smallest absolute Gasteiger partial charge is 0.323 e. The quantitative estimate of drug-likeness (QED) is 0.932. The molecule has 0 atom stereocenters. The van der Waals surface area contributed by atoms with E-state index in [2.05, 4.69) is 39.5 Å². The van der Waals surface area contributed by atoms with Gasteiger partial charge in [-0.05, 0) is 49.1 Å². The normalized spacial score (nSPS) is 14.3. The molecule has 1 fully saturated rings. The number of carbonyl (C=O) groups is 1. The maximum Gasteiger partial charge on any atom is 0.323 e. The third-order valence-corrected chi connectivity index (χ3v) is 4.32. The topological polar surface area (TPSA) is 48.5 Å². The van der Waals surface area contributed by atoms with E-state index in [1.54, 1.807) is 24.2 Å². The van der Waals surface area contributed by atoms with Gasteiger partial charge in [-0.15, -0.1) is 0 Å². The van der Waals surface area contributed by atoms with Crippen molar-refractivity contribution in [1.82, 2.24) is 9.88 Å². The number of hydrogen-bond donors (Lipinski definition) is 1. The molecule has 0 saturated carbocycles. The SMILES string of the molecule is CN(Cc1ccc(N2CCCCC2)cc1)C(=O)Nc1ccccn1. The Bertz CT molecular complexity index is 651. The van der Waals surface area contributed by atoms with Gasteiger partial charge < -0.3 is 9.80 Å². The van der Waals surface area contributed by atoms with Crippen LogP contribution in [0.3, 0.4) is 0 Å². The van der Waals surface area contributed by atoms with Crippen LogP contribution in [0.25, 0.3) is 0 Å². The highest BCUT2D eigenvalue weighted by Crippen LogP contribution is 2.20. The zero-order valence-corrected chi connectivity index (χ0v) is 14.1. The Morgan fingerprint density at radius 1 is 1.12 bits per heavy atom. The monoisotopic (exact) mass is 324 g/mol. The Labute approximate surface area is 143 Å². The molecule has 0 spiro atoms. The summed E-state index contributed by atoms with van der Waals surface area (Å²) in [7, 11) is 1.79. The van der Waals surface area contributed by atoms with Gasteiger partial charge in [0.2, 0.25) is 0 Å². The van der Waals surface area contributed by atoms with Crippen molar-refractivity contribution >= 4 is 17.5 Å². The Kier molecular flexibility index (Phi) is 5.31. The first-order valence-electron chi connectivity index (χ1n) is 8.49. The van der Waals surface area contributed by atoms with Crippen LogP contribution >= 0.6 is 0 Å². The highest BCUT2D eigenvalue weighted by atomic mass is 16.2. The van der Waals surface area contributed by atoms with Gasteiger partial charge in [-0.2, -0.15) is 0 Å². The first-order valence-corrected chi connectivity index (χ1v) is 8.49. The average molecular weight is 324 g/mol.